The molecule has 1 aliphatic rings. The van der Waals surface area contributed by atoms with Crippen LogP contribution in [0.15, 0.2) is 30.6 Å². The molecule has 0 aliphatic carbocycles. The second kappa shape index (κ2) is 11.1. The molecule has 3 heterocycles. The van der Waals surface area contributed by atoms with Crippen molar-refractivity contribution in [3.63, 3.8) is 0 Å². The lowest BCUT2D eigenvalue weighted by atomic mass is 10.0. The van der Waals surface area contributed by atoms with E-state index in [4.69, 9.17) is 5.73 Å². The summed E-state index contributed by atoms with van der Waals surface area (Å²) >= 11 is 0. The Hall–Kier alpha value is -1.83. The number of pyridine rings is 1. The fraction of sp³-hybridized carbons (Fsp3) is 0.500. The van der Waals surface area contributed by atoms with E-state index in [0.29, 0.717) is 19.5 Å². The van der Waals surface area contributed by atoms with Gasteiger partial charge in [0.15, 0.2) is 0 Å². The van der Waals surface area contributed by atoms with Crippen molar-refractivity contribution in [3.05, 3.63) is 36.3 Å². The smallest absolute Gasteiger partial charge is 0.228 e. The number of carbonyl (C=O) groups is 2. The molecule has 7 nitrogen and oxygen atoms in total. The van der Waals surface area contributed by atoms with Gasteiger partial charge in [0.25, 0.3) is 0 Å². The van der Waals surface area contributed by atoms with Crippen molar-refractivity contribution in [2.24, 2.45) is 5.73 Å². The van der Waals surface area contributed by atoms with Gasteiger partial charge in [0.05, 0.1) is 12.1 Å². The minimum absolute atomic E-state index is 0. The van der Waals surface area contributed by atoms with Crippen LogP contribution in [0.3, 0.4) is 0 Å². The second-order valence-corrected chi connectivity index (χ2v) is 6.45. The number of carbonyl (C=O) groups excluding carboxylic acids is 2. The van der Waals surface area contributed by atoms with E-state index in [1.165, 1.54) is 0 Å². The third kappa shape index (κ3) is 6.09. The first kappa shape index (κ1) is 23.2. The molecular formula is C18H27Cl2N5O2. The molecule has 1 unspecified atom stereocenters. The summed E-state index contributed by atoms with van der Waals surface area (Å²) in [5.74, 6) is 0.0157. The number of piperidine rings is 1. The van der Waals surface area contributed by atoms with Crippen LogP contribution in [0.2, 0.25) is 0 Å². The fourth-order valence-corrected chi connectivity index (χ4v) is 3.32. The van der Waals surface area contributed by atoms with E-state index in [1.54, 1.807) is 0 Å². The summed E-state index contributed by atoms with van der Waals surface area (Å²) in [6.45, 7) is 1.58. The standard InChI is InChI=1S/C18H25N5O2.2ClH/c19-8-7-17(24)20-12-15-5-1-4-10-23(15)18(25)11-14-13-22-9-3-2-6-16(22)21-14;;/h2-3,6,9,13,15H,1,4-5,7-8,10-12,19H2,(H,20,24);2*1H. The Bertz CT molecular complexity index is 719. The van der Waals surface area contributed by atoms with Gasteiger partial charge in [-0.2, -0.15) is 0 Å². The monoisotopic (exact) mass is 415 g/mol. The van der Waals surface area contributed by atoms with Gasteiger partial charge in [0.1, 0.15) is 5.65 Å². The lowest BCUT2D eigenvalue weighted by Gasteiger charge is -2.36. The number of aromatic nitrogens is 2. The molecule has 1 saturated heterocycles. The van der Waals surface area contributed by atoms with Gasteiger partial charge in [-0.1, -0.05) is 6.07 Å². The molecule has 2 aromatic rings. The number of nitrogens with zero attached hydrogens (tertiary/aromatic N) is 3. The lowest BCUT2D eigenvalue weighted by molar-refractivity contribution is -0.134. The largest absolute Gasteiger partial charge is 0.354 e. The Morgan fingerprint density at radius 3 is 2.81 bits per heavy atom. The summed E-state index contributed by atoms with van der Waals surface area (Å²) in [5.41, 5.74) is 7.01. The second-order valence-electron chi connectivity index (χ2n) is 6.45. The Kier molecular flexibility index (Phi) is 9.55. The van der Waals surface area contributed by atoms with Crippen LogP contribution < -0.4 is 11.1 Å². The number of hydrogen-bond acceptors (Lipinski definition) is 4. The minimum atomic E-state index is -0.0548. The molecule has 0 radical (unpaired) electrons. The van der Waals surface area contributed by atoms with Gasteiger partial charge in [-0.25, -0.2) is 4.98 Å². The van der Waals surface area contributed by atoms with Crippen LogP contribution in [0.5, 0.6) is 0 Å². The molecule has 1 aliphatic heterocycles. The Labute approximate surface area is 171 Å². The molecule has 27 heavy (non-hydrogen) atoms. The maximum atomic E-state index is 12.8. The van der Waals surface area contributed by atoms with Gasteiger partial charge in [-0.05, 0) is 31.4 Å². The number of fused-ring (bicyclic) bond motifs is 1. The van der Waals surface area contributed by atoms with E-state index >= 15 is 0 Å². The van der Waals surface area contributed by atoms with Crippen molar-refractivity contribution in [2.75, 3.05) is 19.6 Å². The van der Waals surface area contributed by atoms with Crippen molar-refractivity contribution < 1.29 is 9.59 Å². The molecular weight excluding hydrogens is 389 g/mol. The number of rotatable bonds is 6. The van der Waals surface area contributed by atoms with Crippen LogP contribution in [0.1, 0.15) is 31.4 Å². The highest BCUT2D eigenvalue weighted by Gasteiger charge is 2.27. The van der Waals surface area contributed by atoms with Crippen molar-refractivity contribution in [1.29, 1.82) is 0 Å². The van der Waals surface area contributed by atoms with Gasteiger partial charge < -0.3 is 20.4 Å². The molecule has 150 valence electrons. The number of likely N-dealkylation sites (tertiary alicyclic amines) is 1. The quantitative estimate of drug-likeness (QED) is 0.748. The summed E-state index contributed by atoms with van der Waals surface area (Å²) in [7, 11) is 0. The normalized spacial score (nSPS) is 16.3. The van der Waals surface area contributed by atoms with Gasteiger partial charge in [-0.15, -0.1) is 24.8 Å². The maximum absolute atomic E-state index is 12.8. The highest BCUT2D eigenvalue weighted by Crippen LogP contribution is 2.18. The average Bonchev–Trinajstić information content (AvgIpc) is 3.02. The molecule has 3 N–H and O–H groups in total. The Morgan fingerprint density at radius 1 is 1.26 bits per heavy atom. The van der Waals surface area contributed by atoms with Crippen molar-refractivity contribution in [3.8, 4) is 0 Å². The molecule has 2 amide bonds. The predicted molar refractivity (Wildman–Crippen MR) is 109 cm³/mol. The third-order valence-corrected chi connectivity index (χ3v) is 4.60. The van der Waals surface area contributed by atoms with E-state index in [2.05, 4.69) is 10.3 Å². The van der Waals surface area contributed by atoms with Crippen LogP contribution in [0.25, 0.3) is 5.65 Å². The summed E-state index contributed by atoms with van der Waals surface area (Å²) in [4.78, 5) is 30.8. The predicted octanol–water partition coefficient (Wildman–Crippen LogP) is 1.57. The van der Waals surface area contributed by atoms with E-state index in [1.807, 2.05) is 39.9 Å². The van der Waals surface area contributed by atoms with E-state index in [0.717, 1.165) is 37.1 Å². The van der Waals surface area contributed by atoms with Crippen LogP contribution in [-0.2, 0) is 16.0 Å². The first-order chi connectivity index (χ1) is 12.2. The summed E-state index contributed by atoms with van der Waals surface area (Å²) in [6, 6.07) is 5.84. The van der Waals surface area contributed by atoms with Crippen LogP contribution in [0.4, 0.5) is 0 Å². The molecule has 3 rings (SSSR count). The van der Waals surface area contributed by atoms with Crippen molar-refractivity contribution in [1.82, 2.24) is 19.6 Å². The van der Waals surface area contributed by atoms with E-state index in [-0.39, 0.29) is 49.1 Å². The molecule has 1 fully saturated rings. The zero-order valence-electron chi connectivity index (χ0n) is 15.2. The number of imidazole rings is 1. The van der Waals surface area contributed by atoms with Crippen LogP contribution in [-0.4, -0.2) is 51.8 Å². The molecule has 0 spiro atoms. The fourth-order valence-electron chi connectivity index (χ4n) is 3.32. The number of amides is 2. The number of hydrogen-bond donors (Lipinski definition) is 2. The van der Waals surface area contributed by atoms with Gasteiger partial charge in [-0.3, -0.25) is 9.59 Å². The van der Waals surface area contributed by atoms with Crippen LogP contribution in [0, 0.1) is 0 Å². The number of nitrogens with one attached hydrogen (secondary N) is 1. The Balaban J connectivity index is 0.00000182. The summed E-state index contributed by atoms with van der Waals surface area (Å²) in [6.07, 6.45) is 7.43. The van der Waals surface area contributed by atoms with Crippen LogP contribution >= 0.6 is 24.8 Å². The molecule has 0 bridgehead atoms. The zero-order valence-corrected chi connectivity index (χ0v) is 16.8. The highest BCUT2D eigenvalue weighted by molar-refractivity contribution is 5.85. The number of halogens is 2. The number of nitrogens with two attached hydrogens (primary N) is 1. The molecule has 0 aromatic carbocycles. The topological polar surface area (TPSA) is 92.7 Å². The minimum Gasteiger partial charge on any atom is -0.354 e. The maximum Gasteiger partial charge on any atom is 0.228 e. The average molecular weight is 416 g/mol. The molecule has 1 atom stereocenters. The molecule has 9 heteroatoms. The van der Waals surface area contributed by atoms with Crippen molar-refractivity contribution >= 4 is 42.3 Å². The first-order valence-electron chi connectivity index (χ1n) is 8.86. The SMILES string of the molecule is Cl.Cl.NCCC(=O)NCC1CCCCN1C(=O)Cc1cn2ccccc2n1. The van der Waals surface area contributed by atoms with Gasteiger partial charge in [0.2, 0.25) is 11.8 Å². The summed E-state index contributed by atoms with van der Waals surface area (Å²) in [5, 5.41) is 2.89. The molecule has 2 aromatic heterocycles. The van der Waals surface area contributed by atoms with E-state index in [9.17, 15) is 9.59 Å². The Morgan fingerprint density at radius 2 is 2.07 bits per heavy atom. The third-order valence-electron chi connectivity index (χ3n) is 4.60. The first-order valence-corrected chi connectivity index (χ1v) is 8.86. The highest BCUT2D eigenvalue weighted by atomic mass is 35.5. The van der Waals surface area contributed by atoms with E-state index < -0.39 is 0 Å². The summed E-state index contributed by atoms with van der Waals surface area (Å²) < 4.78 is 1.92. The lowest BCUT2D eigenvalue weighted by Crippen LogP contribution is -2.50. The molecule has 0 saturated carbocycles. The van der Waals surface area contributed by atoms with Gasteiger partial charge >= 0.3 is 0 Å². The van der Waals surface area contributed by atoms with Crippen molar-refractivity contribution in [2.45, 2.75) is 38.1 Å². The van der Waals surface area contributed by atoms with Gasteiger partial charge in [0, 0.05) is 44.5 Å². The zero-order chi connectivity index (χ0) is 17.6.